The first-order valence-electron chi connectivity index (χ1n) is 25.0. The van der Waals surface area contributed by atoms with Gasteiger partial charge in [-0.3, -0.25) is 33.8 Å². The van der Waals surface area contributed by atoms with E-state index in [-0.39, 0.29) is 79.3 Å². The lowest BCUT2D eigenvalue weighted by molar-refractivity contribution is -0.144. The van der Waals surface area contributed by atoms with E-state index in [0.717, 1.165) is 10.8 Å². The number of benzene rings is 1. The van der Waals surface area contributed by atoms with Crippen LogP contribution in [0.1, 0.15) is 74.3 Å². The summed E-state index contributed by atoms with van der Waals surface area (Å²) in [5.41, 5.74) is 18.7. The van der Waals surface area contributed by atoms with Crippen LogP contribution in [0.3, 0.4) is 0 Å². The third kappa shape index (κ3) is 13.8. The Morgan fingerprint density at radius 3 is 2.33 bits per heavy atom. The summed E-state index contributed by atoms with van der Waals surface area (Å²) in [6, 6.07) is 1.67. The molecule has 0 saturated carbocycles. The van der Waals surface area contributed by atoms with Crippen LogP contribution in [0.4, 0.5) is 16.4 Å². The number of nitrogens with two attached hydrogens (primary N) is 3. The number of nitrogens with one attached hydrogen (secondary N) is 5. The van der Waals surface area contributed by atoms with Gasteiger partial charge in [0.15, 0.2) is 16.9 Å². The Bertz CT molecular complexity index is 3000. The van der Waals surface area contributed by atoms with Crippen molar-refractivity contribution >= 4 is 91.8 Å². The highest BCUT2D eigenvalue weighted by Crippen LogP contribution is 2.57. The maximum atomic E-state index is 13.3. The van der Waals surface area contributed by atoms with Crippen molar-refractivity contribution in [3.05, 3.63) is 74.5 Å². The van der Waals surface area contributed by atoms with Crippen molar-refractivity contribution in [3.8, 4) is 0 Å². The molecular weight excluding hydrogens is 1080 g/mol. The standard InChI is InChI=1S/C49H62N12O16S2/c1-21-27(39(67)35-28(19-77-48(52)75)49(76-2)40-31(56-40)18-61(49)37(35)38(21)66)4-3-13-78-79-20-32(46(73)74)58-43(69)23(15-34(64)65)14-33(63)29(50)11-9-26(62)10-12-30(45(71)72)57-42(68)22-5-7-24(8-6-22)53-16-25-17-54-41-36(55-25)44(70)60-47(51)59-41/h5-8,17,23,28-32,38-40,53,56,66-67H,3-4,9-16,18-20,50H2,1-2H3,(H2,52,75)(H,57,68)(H,58,69)(H,64,65)(H,71,72)(H,73,74)(H3,51,54,59,60,70)/t23-,28+,29-,30+,31-,32-,38-,39+,40-,49+/m0/s1. The van der Waals surface area contributed by atoms with Crippen molar-refractivity contribution in [1.82, 2.24) is 40.8 Å². The number of aromatic amines is 1. The molecule has 3 aliphatic heterocycles. The second kappa shape index (κ2) is 25.7. The number of aliphatic carboxylic acids is 3. The molecule has 2 saturated heterocycles. The summed E-state index contributed by atoms with van der Waals surface area (Å²) in [7, 11) is 3.93. The van der Waals surface area contributed by atoms with Crippen molar-refractivity contribution in [3.63, 3.8) is 0 Å². The maximum absolute atomic E-state index is 13.3. The zero-order chi connectivity index (χ0) is 57.5. The van der Waals surface area contributed by atoms with Gasteiger partial charge in [-0.25, -0.2) is 24.4 Å². The molecule has 0 radical (unpaired) electrons. The second-order valence-electron chi connectivity index (χ2n) is 19.4. The number of ketones is 2. The van der Waals surface area contributed by atoms with E-state index in [1.165, 1.54) is 36.2 Å². The number of anilines is 2. The number of rotatable bonds is 30. The van der Waals surface area contributed by atoms with Gasteiger partial charge in [0.25, 0.3) is 11.5 Å². The number of aliphatic hydroxyl groups is 2. The van der Waals surface area contributed by atoms with Crippen LogP contribution in [0.2, 0.25) is 0 Å². The van der Waals surface area contributed by atoms with E-state index < -0.39 is 114 Å². The molecule has 4 aliphatic rings. The van der Waals surface area contributed by atoms with Crippen LogP contribution in [0.15, 0.2) is 57.7 Å². The van der Waals surface area contributed by atoms with Gasteiger partial charge in [-0.15, -0.1) is 0 Å². The van der Waals surface area contributed by atoms with E-state index in [1.54, 1.807) is 19.1 Å². The zero-order valence-corrected chi connectivity index (χ0v) is 44.5. The number of carboxylic acids is 3. The minimum Gasteiger partial charge on any atom is -0.481 e. The molecular formula is C49H62N12O16S2. The van der Waals surface area contributed by atoms with E-state index in [4.69, 9.17) is 26.7 Å². The summed E-state index contributed by atoms with van der Waals surface area (Å²) in [5, 5.41) is 63.8. The van der Waals surface area contributed by atoms with E-state index in [9.17, 15) is 68.7 Å². The number of nitrogen functional groups attached to an aromatic ring is 1. The Balaban J connectivity index is 0.820. The molecule has 30 heteroatoms. The van der Waals surface area contributed by atoms with Crippen molar-refractivity contribution in [1.29, 1.82) is 0 Å². The number of methoxy groups -OCH3 is 1. The van der Waals surface area contributed by atoms with Gasteiger partial charge in [-0.05, 0) is 73.6 Å². The average Bonchev–Trinajstić information content (AvgIpc) is 3.78. The topological polar surface area (TPSA) is 467 Å². The third-order valence-electron chi connectivity index (χ3n) is 14.3. The van der Waals surface area contributed by atoms with Gasteiger partial charge in [-0.1, -0.05) is 21.6 Å². The molecule has 0 bridgehead atoms. The number of primary amides is 1. The number of amides is 3. The Morgan fingerprint density at radius 1 is 0.949 bits per heavy atom. The van der Waals surface area contributed by atoms with Gasteiger partial charge in [0.2, 0.25) is 11.9 Å². The number of aromatic nitrogens is 4. The number of carboxylic acid groups (broad SMARTS) is 3. The van der Waals surface area contributed by atoms with Crippen LogP contribution >= 0.6 is 21.6 Å². The normalized spacial score (nSPS) is 22.4. The first kappa shape index (κ1) is 59.4. The maximum Gasteiger partial charge on any atom is 0.404 e. The monoisotopic (exact) mass is 1140 g/mol. The number of hydrogen-bond acceptors (Lipinski definition) is 23. The number of hydrogen-bond donors (Lipinski definition) is 13. The number of H-pyrrole nitrogens is 1. The number of fused-ring (bicyclic) bond motifs is 5. The number of aliphatic hydroxyl groups excluding tert-OH is 2. The van der Waals surface area contributed by atoms with Crippen molar-refractivity contribution in [2.24, 2.45) is 23.3 Å². The van der Waals surface area contributed by atoms with Crippen LogP contribution in [-0.4, -0.2) is 178 Å². The summed E-state index contributed by atoms with van der Waals surface area (Å²) in [6.45, 7) is 2.22. The molecule has 79 heavy (non-hydrogen) atoms. The van der Waals surface area contributed by atoms with E-state index in [0.29, 0.717) is 58.9 Å². The largest absolute Gasteiger partial charge is 0.481 e. The fourth-order valence-electron chi connectivity index (χ4n) is 10.2. The summed E-state index contributed by atoms with van der Waals surface area (Å²) in [5.74, 6) is -9.24. The van der Waals surface area contributed by atoms with Gasteiger partial charge in [-0.2, -0.15) is 4.98 Å². The first-order valence-corrected chi connectivity index (χ1v) is 27.5. The predicted molar refractivity (Wildman–Crippen MR) is 283 cm³/mol. The Morgan fingerprint density at radius 2 is 1.66 bits per heavy atom. The van der Waals surface area contributed by atoms with Gasteiger partial charge >= 0.3 is 24.0 Å². The molecule has 0 unspecified atom stereocenters. The number of piperazine rings is 1. The minimum atomic E-state index is -1.51. The summed E-state index contributed by atoms with van der Waals surface area (Å²) >= 11 is 0. The molecule has 7 rings (SSSR count). The lowest BCUT2D eigenvalue weighted by Crippen LogP contribution is -2.55. The molecule has 5 heterocycles. The summed E-state index contributed by atoms with van der Waals surface area (Å²) in [4.78, 5) is 129. The van der Waals surface area contributed by atoms with Gasteiger partial charge in [0.05, 0.1) is 60.6 Å². The SMILES string of the molecule is CO[C@@]12[C@H](COC(N)=O)C3=C([C@@H](O)C(C)=C(CCCSSC[C@H](NC(=O)[C@H](CC(=O)O)CC(=O)[C@@H](N)CCC(=O)CC[C@@H](NC(=O)c4ccc(NCc5cnc6nc(N)[nH]c(=O)c6n5)cc4)C(=O)O)C(=O)O)[C@H]3O)N1C[C@@H]1N[C@@H]12. The lowest BCUT2D eigenvalue weighted by atomic mass is 9.78. The molecule has 10 atom stereocenters. The molecule has 3 aromatic rings. The molecule has 16 N–H and O–H groups in total. The van der Waals surface area contributed by atoms with Gasteiger partial charge in [0.1, 0.15) is 36.4 Å². The quantitative estimate of drug-likeness (QED) is 0.0171. The number of nitrogens with zero attached hydrogens (tertiary/aromatic N) is 4. The Kier molecular flexibility index (Phi) is 19.3. The number of carbonyl (C=O) groups excluding carboxylic acids is 5. The van der Waals surface area contributed by atoms with Crippen LogP contribution in [-0.2, 0) is 44.8 Å². The van der Waals surface area contributed by atoms with Gasteiger partial charge < -0.3 is 78.4 Å². The van der Waals surface area contributed by atoms with Crippen LogP contribution in [0, 0.1) is 11.8 Å². The molecule has 2 aromatic heterocycles. The number of ether oxygens (including phenoxy) is 2. The highest BCUT2D eigenvalue weighted by molar-refractivity contribution is 8.76. The molecule has 426 valence electrons. The molecule has 1 aliphatic carbocycles. The Labute approximate surface area is 457 Å². The van der Waals surface area contributed by atoms with Crippen molar-refractivity contribution < 1.29 is 73.4 Å². The average molecular weight is 1140 g/mol. The van der Waals surface area contributed by atoms with E-state index >= 15 is 0 Å². The minimum absolute atomic E-state index is 0.000713. The second-order valence-corrected chi connectivity index (χ2v) is 22.1. The smallest absolute Gasteiger partial charge is 0.404 e. The molecule has 1 aromatic carbocycles. The third-order valence-corrected chi connectivity index (χ3v) is 16.8. The lowest BCUT2D eigenvalue weighted by Gasteiger charge is -2.40. The van der Waals surface area contributed by atoms with Crippen LogP contribution in [0.5, 0.6) is 0 Å². The number of Topliss-reactive ketones (excluding diaryl/α,β-unsaturated/α-hetero) is 2. The summed E-state index contributed by atoms with van der Waals surface area (Å²) < 4.78 is 11.3. The molecule has 0 spiro atoms. The zero-order valence-electron chi connectivity index (χ0n) is 42.8. The molecule has 3 amide bonds. The fourth-order valence-corrected chi connectivity index (χ4v) is 12.5. The fraction of sp³-hybridized carbons (Fsp3) is 0.510. The predicted octanol–water partition coefficient (Wildman–Crippen LogP) is -0.642. The van der Waals surface area contributed by atoms with Crippen molar-refractivity contribution in [2.75, 3.05) is 42.8 Å². The Hall–Kier alpha value is -7.22. The van der Waals surface area contributed by atoms with Gasteiger partial charge in [0, 0.05) is 61.7 Å². The van der Waals surface area contributed by atoms with Crippen molar-refractivity contribution in [2.45, 2.75) is 113 Å². The number of carbonyl (C=O) groups is 8. The van der Waals surface area contributed by atoms with Crippen LogP contribution < -0.4 is 44.0 Å². The van der Waals surface area contributed by atoms with Crippen LogP contribution in [0.25, 0.3) is 11.2 Å². The summed E-state index contributed by atoms with van der Waals surface area (Å²) in [6.07, 6.45) is -3.60. The molecule has 2 fully saturated rings. The molecule has 28 nitrogen and oxygen atoms in total. The van der Waals surface area contributed by atoms with E-state index in [1.807, 2.05) is 4.90 Å². The van der Waals surface area contributed by atoms with E-state index in [2.05, 4.69) is 41.2 Å². The first-order chi connectivity index (χ1) is 37.5. The highest BCUT2D eigenvalue weighted by atomic mass is 33.1. The highest BCUT2D eigenvalue weighted by Gasteiger charge is 2.72.